The van der Waals surface area contributed by atoms with Crippen LogP contribution in [0.3, 0.4) is 0 Å². The van der Waals surface area contributed by atoms with E-state index in [9.17, 15) is 0 Å². The second-order valence-electron chi connectivity index (χ2n) is 8.97. The molecular formula is C32H34O6. The average molecular weight is 515 g/mol. The molecule has 2 N–H and O–H groups in total. The number of aliphatic hydroxyl groups excluding tert-OH is 2. The molecule has 4 rings (SSSR count). The molecule has 0 radical (unpaired) electrons. The zero-order chi connectivity index (χ0) is 26.6. The van der Waals surface area contributed by atoms with E-state index in [1.165, 1.54) is 0 Å². The van der Waals surface area contributed by atoms with Crippen LogP contribution in [0.25, 0.3) is 22.3 Å². The first-order chi connectivity index (χ1) is 18.6. The zero-order valence-corrected chi connectivity index (χ0v) is 21.6. The molecule has 6 heteroatoms. The maximum atomic E-state index is 8.86. The van der Waals surface area contributed by atoms with Gasteiger partial charge in [0.05, 0.1) is 26.4 Å². The predicted molar refractivity (Wildman–Crippen MR) is 149 cm³/mol. The van der Waals surface area contributed by atoms with E-state index in [-0.39, 0.29) is 19.1 Å². The van der Waals surface area contributed by atoms with Crippen LogP contribution in [-0.2, 0) is 0 Å². The third-order valence-electron chi connectivity index (χ3n) is 5.87. The van der Waals surface area contributed by atoms with Gasteiger partial charge in [-0.2, -0.15) is 0 Å². The minimum atomic E-state index is 0.00137. The van der Waals surface area contributed by atoms with Crippen molar-refractivity contribution < 1.29 is 29.2 Å². The first kappa shape index (κ1) is 27.0. The Morgan fingerprint density at radius 3 is 0.974 bits per heavy atom. The van der Waals surface area contributed by atoms with Crippen molar-refractivity contribution in [2.75, 3.05) is 39.6 Å². The van der Waals surface area contributed by atoms with Crippen LogP contribution in [0.2, 0.25) is 0 Å². The number of hydrogen-bond donors (Lipinski definition) is 2. The zero-order valence-electron chi connectivity index (χ0n) is 21.6. The van der Waals surface area contributed by atoms with Crippen LogP contribution >= 0.6 is 0 Å². The highest BCUT2D eigenvalue weighted by Crippen LogP contribution is 2.26. The van der Waals surface area contributed by atoms with Gasteiger partial charge in [-0.1, -0.05) is 55.5 Å². The molecule has 0 heterocycles. The second-order valence-corrected chi connectivity index (χ2v) is 8.97. The molecule has 0 amide bonds. The normalized spacial score (nSPS) is 10.8. The van der Waals surface area contributed by atoms with Gasteiger partial charge >= 0.3 is 0 Å². The first-order valence-corrected chi connectivity index (χ1v) is 12.8. The molecule has 0 saturated carbocycles. The Balaban J connectivity index is 1.21. The van der Waals surface area contributed by atoms with Gasteiger partial charge in [-0.25, -0.2) is 0 Å². The van der Waals surface area contributed by atoms with Crippen LogP contribution in [0.1, 0.15) is 6.92 Å². The molecule has 0 fully saturated rings. The standard InChI is InChI=1S/C32H34O6/c1-24(22-37-31-14-6-27(7-15-31)25-2-10-29(11-3-25)35-20-18-33)23-38-32-16-8-28(9-17-32)26-4-12-30(13-5-26)36-21-19-34/h2-17,24,33-34H,18-23H2,1H3. The number of ether oxygens (including phenoxy) is 4. The Kier molecular flexibility index (Phi) is 10.0. The van der Waals surface area contributed by atoms with E-state index in [1.807, 2.05) is 97.1 Å². The molecule has 4 aromatic carbocycles. The van der Waals surface area contributed by atoms with Gasteiger partial charge in [0.15, 0.2) is 0 Å². The van der Waals surface area contributed by atoms with Gasteiger partial charge < -0.3 is 29.2 Å². The largest absolute Gasteiger partial charge is 0.493 e. The van der Waals surface area contributed by atoms with E-state index >= 15 is 0 Å². The van der Waals surface area contributed by atoms with E-state index in [1.54, 1.807) is 0 Å². The lowest BCUT2D eigenvalue weighted by Crippen LogP contribution is -2.16. The number of hydrogen-bond acceptors (Lipinski definition) is 6. The molecule has 38 heavy (non-hydrogen) atoms. The highest BCUT2D eigenvalue weighted by molar-refractivity contribution is 5.65. The van der Waals surface area contributed by atoms with Gasteiger partial charge in [-0.3, -0.25) is 0 Å². The van der Waals surface area contributed by atoms with Crippen LogP contribution in [0.15, 0.2) is 97.1 Å². The molecule has 0 unspecified atom stereocenters. The van der Waals surface area contributed by atoms with Crippen molar-refractivity contribution in [2.45, 2.75) is 6.92 Å². The molecule has 6 nitrogen and oxygen atoms in total. The Morgan fingerprint density at radius 1 is 0.447 bits per heavy atom. The van der Waals surface area contributed by atoms with Crippen molar-refractivity contribution in [3.8, 4) is 45.3 Å². The Labute approximate surface area is 224 Å². The summed E-state index contributed by atoms with van der Waals surface area (Å²) in [5.41, 5.74) is 4.36. The number of benzene rings is 4. The van der Waals surface area contributed by atoms with Crippen molar-refractivity contribution in [3.63, 3.8) is 0 Å². The third-order valence-corrected chi connectivity index (χ3v) is 5.87. The van der Waals surface area contributed by atoms with Gasteiger partial charge in [-0.05, 0) is 70.8 Å². The van der Waals surface area contributed by atoms with Crippen molar-refractivity contribution in [1.82, 2.24) is 0 Å². The smallest absolute Gasteiger partial charge is 0.119 e. The molecular weight excluding hydrogens is 480 g/mol. The minimum absolute atomic E-state index is 0.00137. The lowest BCUT2D eigenvalue weighted by molar-refractivity contribution is 0.188. The quantitative estimate of drug-likeness (QED) is 0.220. The summed E-state index contributed by atoms with van der Waals surface area (Å²) >= 11 is 0. The fourth-order valence-corrected chi connectivity index (χ4v) is 3.83. The lowest BCUT2D eigenvalue weighted by Gasteiger charge is -2.15. The number of aliphatic hydroxyl groups is 2. The lowest BCUT2D eigenvalue weighted by atomic mass is 10.1. The SMILES string of the molecule is CC(COc1ccc(-c2ccc(OCCO)cc2)cc1)COc1ccc(-c2ccc(OCCO)cc2)cc1. The maximum absolute atomic E-state index is 8.86. The summed E-state index contributed by atoms with van der Waals surface area (Å²) in [4.78, 5) is 0. The van der Waals surface area contributed by atoms with E-state index in [0.29, 0.717) is 26.4 Å². The topological polar surface area (TPSA) is 77.4 Å². The summed E-state index contributed by atoms with van der Waals surface area (Å²) in [6.07, 6.45) is 0. The van der Waals surface area contributed by atoms with Crippen molar-refractivity contribution in [2.24, 2.45) is 5.92 Å². The molecule has 0 bridgehead atoms. The molecule has 0 aliphatic heterocycles. The summed E-state index contributed by atoms with van der Waals surface area (Å²) in [7, 11) is 0. The van der Waals surface area contributed by atoms with Gasteiger partial charge in [0.2, 0.25) is 0 Å². The van der Waals surface area contributed by atoms with Gasteiger partial charge in [0.25, 0.3) is 0 Å². The first-order valence-electron chi connectivity index (χ1n) is 12.8. The number of rotatable bonds is 14. The monoisotopic (exact) mass is 514 g/mol. The van der Waals surface area contributed by atoms with Gasteiger partial charge in [0.1, 0.15) is 36.2 Å². The molecule has 0 aromatic heterocycles. The van der Waals surface area contributed by atoms with Crippen LogP contribution in [0, 0.1) is 5.92 Å². The third kappa shape index (κ3) is 8.00. The van der Waals surface area contributed by atoms with Crippen molar-refractivity contribution >= 4 is 0 Å². The molecule has 0 aliphatic rings. The van der Waals surface area contributed by atoms with Crippen molar-refractivity contribution in [3.05, 3.63) is 97.1 Å². The molecule has 0 atom stereocenters. The van der Waals surface area contributed by atoms with Crippen LogP contribution < -0.4 is 18.9 Å². The predicted octanol–water partition coefficient (Wildman–Crippen LogP) is 5.86. The van der Waals surface area contributed by atoms with Crippen LogP contribution in [-0.4, -0.2) is 49.9 Å². The molecule has 0 spiro atoms. The van der Waals surface area contributed by atoms with Gasteiger partial charge in [-0.15, -0.1) is 0 Å². The Hall–Kier alpha value is -4.00. The van der Waals surface area contributed by atoms with E-state index in [4.69, 9.17) is 29.2 Å². The van der Waals surface area contributed by atoms with E-state index in [2.05, 4.69) is 6.92 Å². The summed E-state index contributed by atoms with van der Waals surface area (Å²) in [6, 6.07) is 31.7. The van der Waals surface area contributed by atoms with Crippen molar-refractivity contribution in [1.29, 1.82) is 0 Å². The van der Waals surface area contributed by atoms with Crippen LogP contribution in [0.5, 0.6) is 23.0 Å². The highest BCUT2D eigenvalue weighted by Gasteiger charge is 2.07. The summed E-state index contributed by atoms with van der Waals surface area (Å²) < 4.78 is 22.8. The Bertz CT molecular complexity index is 1120. The molecule has 4 aromatic rings. The summed E-state index contributed by atoms with van der Waals surface area (Å²) in [6.45, 7) is 3.80. The van der Waals surface area contributed by atoms with E-state index in [0.717, 1.165) is 45.3 Å². The minimum Gasteiger partial charge on any atom is -0.493 e. The van der Waals surface area contributed by atoms with E-state index < -0.39 is 0 Å². The maximum Gasteiger partial charge on any atom is 0.119 e. The Morgan fingerprint density at radius 2 is 0.711 bits per heavy atom. The summed E-state index contributed by atoms with van der Waals surface area (Å²) in [5.74, 6) is 3.34. The fraction of sp³-hybridized carbons (Fsp3) is 0.250. The highest BCUT2D eigenvalue weighted by atomic mass is 16.5. The van der Waals surface area contributed by atoms with Crippen LogP contribution in [0.4, 0.5) is 0 Å². The molecule has 0 aliphatic carbocycles. The molecule has 198 valence electrons. The average Bonchev–Trinajstić information content (AvgIpc) is 2.98. The fourth-order valence-electron chi connectivity index (χ4n) is 3.83. The summed E-state index contributed by atoms with van der Waals surface area (Å²) in [5, 5.41) is 17.7. The second kappa shape index (κ2) is 14.1. The van der Waals surface area contributed by atoms with Gasteiger partial charge in [0, 0.05) is 5.92 Å². The molecule has 0 saturated heterocycles.